The number of methoxy groups -OCH3 is 1. The molecular weight excluding hydrogens is 140 g/mol. The number of fused-ring (bicyclic) bond motifs is 1. The molecule has 0 aliphatic heterocycles. The van der Waals surface area contributed by atoms with Crippen LogP contribution in [0.1, 0.15) is 26.2 Å². The van der Waals surface area contributed by atoms with E-state index in [1.54, 1.807) is 0 Å². The molecule has 0 N–H and O–H groups in total. The van der Waals surface area contributed by atoms with Gasteiger partial charge in [0.05, 0.1) is 12.5 Å². The molecule has 0 spiro atoms. The first-order chi connectivity index (χ1) is 5.16. The Morgan fingerprint density at radius 2 is 2.18 bits per heavy atom. The Bertz CT molecular complexity index is 194. The van der Waals surface area contributed by atoms with Gasteiger partial charge in [0, 0.05) is 0 Å². The van der Waals surface area contributed by atoms with Crippen molar-refractivity contribution in [3.8, 4) is 0 Å². The summed E-state index contributed by atoms with van der Waals surface area (Å²) < 4.78 is 4.80. The maximum Gasteiger partial charge on any atom is 0.311 e. The van der Waals surface area contributed by atoms with Gasteiger partial charge < -0.3 is 4.74 Å². The standard InChI is InChI=1S/C9H14O2/c1-9(8(10)11-2)5-6-3-7(9)4-6/h6-7H,3-5H2,1-2H3. The van der Waals surface area contributed by atoms with Crippen LogP contribution in [-0.2, 0) is 9.53 Å². The van der Waals surface area contributed by atoms with E-state index in [9.17, 15) is 4.79 Å². The largest absolute Gasteiger partial charge is 0.469 e. The fourth-order valence-electron chi connectivity index (χ4n) is 2.67. The number of carbonyl (C=O) groups is 1. The average molecular weight is 154 g/mol. The summed E-state index contributed by atoms with van der Waals surface area (Å²) in [6.45, 7) is 2.05. The Morgan fingerprint density at radius 1 is 1.55 bits per heavy atom. The lowest BCUT2D eigenvalue weighted by atomic mass is 9.76. The highest BCUT2D eigenvalue weighted by Crippen LogP contribution is 2.60. The first-order valence-electron chi connectivity index (χ1n) is 4.25. The van der Waals surface area contributed by atoms with Crippen LogP contribution in [0, 0.1) is 17.3 Å². The molecule has 3 fully saturated rings. The maximum atomic E-state index is 11.4. The van der Waals surface area contributed by atoms with Crippen LogP contribution in [0.4, 0.5) is 0 Å². The SMILES string of the molecule is COC(=O)C1(C)CC2CC1C2. The second-order valence-corrected chi connectivity index (χ2v) is 4.15. The molecule has 1 unspecified atom stereocenters. The number of hydrogen-bond acceptors (Lipinski definition) is 2. The maximum absolute atomic E-state index is 11.4. The molecule has 2 heteroatoms. The van der Waals surface area contributed by atoms with E-state index >= 15 is 0 Å². The van der Waals surface area contributed by atoms with Crippen LogP contribution in [0.2, 0.25) is 0 Å². The summed E-state index contributed by atoms with van der Waals surface area (Å²) in [6.07, 6.45) is 3.57. The van der Waals surface area contributed by atoms with Crippen molar-refractivity contribution < 1.29 is 9.53 Å². The zero-order chi connectivity index (χ0) is 8.06. The molecule has 0 saturated heterocycles. The van der Waals surface area contributed by atoms with Gasteiger partial charge in [-0.3, -0.25) is 4.79 Å². The van der Waals surface area contributed by atoms with Crippen molar-refractivity contribution in [2.45, 2.75) is 26.2 Å². The molecule has 3 aliphatic rings. The molecule has 1 atom stereocenters. The van der Waals surface area contributed by atoms with Crippen LogP contribution in [0.15, 0.2) is 0 Å². The van der Waals surface area contributed by atoms with Crippen LogP contribution >= 0.6 is 0 Å². The number of rotatable bonds is 1. The molecule has 0 heterocycles. The third kappa shape index (κ3) is 0.754. The van der Waals surface area contributed by atoms with Crippen molar-refractivity contribution in [1.29, 1.82) is 0 Å². The van der Waals surface area contributed by atoms with Gasteiger partial charge in [0.1, 0.15) is 0 Å². The minimum atomic E-state index is -0.126. The highest BCUT2D eigenvalue weighted by molar-refractivity contribution is 5.77. The summed E-state index contributed by atoms with van der Waals surface area (Å²) in [4.78, 5) is 11.4. The Hall–Kier alpha value is -0.530. The Balaban J connectivity index is 2.16. The molecule has 3 aliphatic carbocycles. The molecule has 0 aromatic carbocycles. The highest BCUT2D eigenvalue weighted by atomic mass is 16.5. The number of esters is 1. The minimum Gasteiger partial charge on any atom is -0.469 e. The molecule has 3 rings (SSSR count). The van der Waals surface area contributed by atoms with Crippen LogP contribution in [0.25, 0.3) is 0 Å². The molecule has 62 valence electrons. The van der Waals surface area contributed by atoms with E-state index in [2.05, 4.69) is 6.92 Å². The molecule has 3 saturated carbocycles. The summed E-state index contributed by atoms with van der Waals surface area (Å²) in [6, 6.07) is 0. The van der Waals surface area contributed by atoms with E-state index in [4.69, 9.17) is 4.74 Å². The molecule has 0 amide bonds. The van der Waals surface area contributed by atoms with Crippen molar-refractivity contribution in [3.05, 3.63) is 0 Å². The third-order valence-corrected chi connectivity index (χ3v) is 3.50. The zero-order valence-electron chi connectivity index (χ0n) is 7.09. The van der Waals surface area contributed by atoms with Crippen molar-refractivity contribution in [2.75, 3.05) is 7.11 Å². The molecular formula is C9H14O2. The second kappa shape index (κ2) is 1.99. The summed E-state index contributed by atoms with van der Waals surface area (Å²) in [5.41, 5.74) is -0.126. The van der Waals surface area contributed by atoms with Gasteiger partial charge >= 0.3 is 5.97 Å². The highest BCUT2D eigenvalue weighted by Gasteiger charge is 2.57. The second-order valence-electron chi connectivity index (χ2n) is 4.15. The summed E-state index contributed by atoms with van der Waals surface area (Å²) in [5.74, 6) is 1.45. The van der Waals surface area contributed by atoms with E-state index in [-0.39, 0.29) is 11.4 Å². The smallest absolute Gasteiger partial charge is 0.311 e. The van der Waals surface area contributed by atoms with Gasteiger partial charge in [0.25, 0.3) is 0 Å². The van der Waals surface area contributed by atoms with Crippen molar-refractivity contribution in [3.63, 3.8) is 0 Å². The lowest BCUT2D eigenvalue weighted by molar-refractivity contribution is -0.153. The lowest BCUT2D eigenvalue weighted by Crippen LogP contribution is -2.31. The first kappa shape index (κ1) is 7.14. The predicted molar refractivity (Wildman–Crippen MR) is 41.0 cm³/mol. The number of hydrogen-bond donors (Lipinski definition) is 0. The van der Waals surface area contributed by atoms with Crippen LogP contribution in [-0.4, -0.2) is 13.1 Å². The number of ether oxygens (including phenoxy) is 1. The van der Waals surface area contributed by atoms with E-state index < -0.39 is 0 Å². The Labute approximate surface area is 66.9 Å². The summed E-state index contributed by atoms with van der Waals surface area (Å²) >= 11 is 0. The quantitative estimate of drug-likeness (QED) is 0.536. The van der Waals surface area contributed by atoms with Gasteiger partial charge in [0.2, 0.25) is 0 Å². The van der Waals surface area contributed by atoms with Crippen LogP contribution < -0.4 is 0 Å². The van der Waals surface area contributed by atoms with Gasteiger partial charge in [-0.2, -0.15) is 0 Å². The van der Waals surface area contributed by atoms with E-state index in [1.807, 2.05) is 0 Å². The van der Waals surface area contributed by atoms with Crippen molar-refractivity contribution in [1.82, 2.24) is 0 Å². The molecule has 2 nitrogen and oxygen atoms in total. The van der Waals surface area contributed by atoms with Gasteiger partial charge in [-0.1, -0.05) is 0 Å². The van der Waals surface area contributed by atoms with Crippen LogP contribution in [0.3, 0.4) is 0 Å². The fourth-order valence-corrected chi connectivity index (χ4v) is 2.67. The van der Waals surface area contributed by atoms with Gasteiger partial charge in [-0.05, 0) is 38.0 Å². The van der Waals surface area contributed by atoms with E-state index in [0.717, 1.165) is 12.3 Å². The third-order valence-electron chi connectivity index (χ3n) is 3.50. The topological polar surface area (TPSA) is 26.3 Å². The lowest BCUT2D eigenvalue weighted by Gasteiger charge is -2.29. The minimum absolute atomic E-state index is 0.00231. The normalized spacial score (nSPS) is 46.7. The Kier molecular flexibility index (Phi) is 1.29. The molecule has 0 radical (unpaired) electrons. The van der Waals surface area contributed by atoms with E-state index in [0.29, 0.717) is 5.92 Å². The van der Waals surface area contributed by atoms with Gasteiger partial charge in [-0.25, -0.2) is 0 Å². The van der Waals surface area contributed by atoms with Gasteiger partial charge in [-0.15, -0.1) is 0 Å². The Morgan fingerprint density at radius 3 is 2.55 bits per heavy atom. The molecule has 11 heavy (non-hydrogen) atoms. The van der Waals surface area contributed by atoms with Crippen LogP contribution in [0.5, 0.6) is 0 Å². The summed E-state index contributed by atoms with van der Waals surface area (Å²) in [5, 5.41) is 0. The van der Waals surface area contributed by atoms with E-state index in [1.165, 1.54) is 20.0 Å². The van der Waals surface area contributed by atoms with Gasteiger partial charge in [0.15, 0.2) is 0 Å². The monoisotopic (exact) mass is 154 g/mol. The van der Waals surface area contributed by atoms with Crippen molar-refractivity contribution >= 4 is 5.97 Å². The molecule has 0 aromatic rings. The fraction of sp³-hybridized carbons (Fsp3) is 0.889. The predicted octanol–water partition coefficient (Wildman–Crippen LogP) is 1.60. The molecule has 0 aromatic heterocycles. The molecule has 2 bridgehead atoms. The first-order valence-corrected chi connectivity index (χ1v) is 4.25. The number of carbonyl (C=O) groups excluding carboxylic acids is 1. The average Bonchev–Trinajstić information content (AvgIpc) is 2.38. The zero-order valence-corrected chi connectivity index (χ0v) is 7.09. The van der Waals surface area contributed by atoms with Crippen molar-refractivity contribution in [2.24, 2.45) is 17.3 Å². The summed E-state index contributed by atoms with van der Waals surface area (Å²) in [7, 11) is 1.49.